The second kappa shape index (κ2) is 6.20. The highest BCUT2D eigenvalue weighted by molar-refractivity contribution is 5.95. The second-order valence-electron chi connectivity index (χ2n) is 5.24. The predicted molar refractivity (Wildman–Crippen MR) is 79.3 cm³/mol. The van der Waals surface area contributed by atoms with E-state index in [0.717, 1.165) is 37.8 Å². The minimum atomic E-state index is 0.178. The van der Waals surface area contributed by atoms with Crippen molar-refractivity contribution in [2.45, 2.75) is 46.0 Å². The summed E-state index contributed by atoms with van der Waals surface area (Å²) in [5.41, 5.74) is 10.7. The molecule has 0 saturated heterocycles. The van der Waals surface area contributed by atoms with E-state index in [1.54, 1.807) is 0 Å². The average molecular weight is 260 g/mol. The maximum atomic E-state index is 11.9. The van der Waals surface area contributed by atoms with Crippen molar-refractivity contribution in [3.8, 4) is 0 Å². The van der Waals surface area contributed by atoms with Gasteiger partial charge in [-0.1, -0.05) is 19.9 Å². The summed E-state index contributed by atoms with van der Waals surface area (Å²) in [5, 5.41) is 3.09. The van der Waals surface area contributed by atoms with Gasteiger partial charge in [-0.25, -0.2) is 0 Å². The Kier molecular flexibility index (Phi) is 4.59. The Hall–Kier alpha value is -1.35. The maximum absolute atomic E-state index is 11.9. The predicted octanol–water partition coefficient (Wildman–Crippen LogP) is 2.66. The van der Waals surface area contributed by atoms with Gasteiger partial charge in [0.2, 0.25) is 5.91 Å². The lowest BCUT2D eigenvalue weighted by Crippen LogP contribution is -2.16. The molecular weight excluding hydrogens is 236 g/mol. The highest BCUT2D eigenvalue weighted by atomic mass is 16.2. The third kappa shape index (κ3) is 3.16. The summed E-state index contributed by atoms with van der Waals surface area (Å²) in [6.07, 6.45) is 4.91. The largest absolute Gasteiger partial charge is 0.330 e. The first-order valence-corrected chi connectivity index (χ1v) is 7.35. The Labute approximate surface area is 115 Å². The van der Waals surface area contributed by atoms with Gasteiger partial charge < -0.3 is 11.1 Å². The van der Waals surface area contributed by atoms with Crippen molar-refractivity contribution in [1.82, 2.24) is 0 Å². The van der Waals surface area contributed by atoms with E-state index in [0.29, 0.717) is 6.54 Å². The number of anilines is 1. The average Bonchev–Trinajstić information content (AvgIpc) is 3.24. The van der Waals surface area contributed by atoms with E-state index in [1.165, 1.54) is 16.7 Å². The third-order valence-corrected chi connectivity index (χ3v) is 3.86. The highest BCUT2D eigenvalue weighted by Crippen LogP contribution is 2.32. The van der Waals surface area contributed by atoms with Crippen LogP contribution in [0.4, 0.5) is 5.69 Å². The maximum Gasteiger partial charge on any atom is 0.227 e. The number of amides is 1. The summed E-state index contributed by atoms with van der Waals surface area (Å²) in [6, 6.07) is 4.19. The van der Waals surface area contributed by atoms with E-state index in [1.807, 2.05) is 0 Å². The number of nitrogens with one attached hydrogen (secondary N) is 1. The molecule has 1 amide bonds. The summed E-state index contributed by atoms with van der Waals surface area (Å²) >= 11 is 0. The van der Waals surface area contributed by atoms with Crippen LogP contribution in [-0.4, -0.2) is 12.5 Å². The number of rotatable bonds is 6. The van der Waals surface area contributed by atoms with E-state index in [9.17, 15) is 4.79 Å². The number of nitrogens with two attached hydrogens (primary N) is 1. The third-order valence-electron chi connectivity index (χ3n) is 3.86. The first kappa shape index (κ1) is 14.1. The van der Waals surface area contributed by atoms with Gasteiger partial charge in [0.25, 0.3) is 0 Å². The molecular formula is C16H24N2O. The van der Waals surface area contributed by atoms with Gasteiger partial charge in [-0.3, -0.25) is 4.79 Å². The van der Waals surface area contributed by atoms with Gasteiger partial charge in [0, 0.05) is 11.6 Å². The van der Waals surface area contributed by atoms with Crippen LogP contribution >= 0.6 is 0 Å². The molecule has 19 heavy (non-hydrogen) atoms. The summed E-state index contributed by atoms with van der Waals surface area (Å²) in [5.74, 6) is 0.422. The minimum absolute atomic E-state index is 0.178. The van der Waals surface area contributed by atoms with Crippen LogP contribution in [0.1, 0.15) is 43.4 Å². The van der Waals surface area contributed by atoms with Crippen LogP contribution in [0, 0.1) is 5.92 Å². The standard InChI is InChI=1S/C16H24N2O/c1-3-11-7-8-15(18-16(19)12-5-6-12)13(4-2)14(11)9-10-17/h7-8,12H,3-6,9-10,17H2,1-2H3,(H,18,19). The molecule has 1 aromatic carbocycles. The zero-order valence-corrected chi connectivity index (χ0v) is 12.0. The monoisotopic (exact) mass is 260 g/mol. The fraction of sp³-hybridized carbons (Fsp3) is 0.562. The molecule has 0 aromatic heterocycles. The van der Waals surface area contributed by atoms with Crippen LogP contribution in [0.3, 0.4) is 0 Å². The number of hydrogen-bond acceptors (Lipinski definition) is 2. The lowest BCUT2D eigenvalue weighted by Gasteiger charge is -2.17. The molecule has 1 aromatic rings. The molecule has 0 atom stereocenters. The number of benzene rings is 1. The van der Waals surface area contributed by atoms with Crippen molar-refractivity contribution in [2.75, 3.05) is 11.9 Å². The fourth-order valence-electron chi connectivity index (χ4n) is 2.63. The Balaban J connectivity index is 2.31. The van der Waals surface area contributed by atoms with Crippen LogP contribution in [0.15, 0.2) is 12.1 Å². The zero-order valence-electron chi connectivity index (χ0n) is 12.0. The Morgan fingerprint density at radius 1 is 1.26 bits per heavy atom. The molecule has 2 rings (SSSR count). The molecule has 1 saturated carbocycles. The van der Waals surface area contributed by atoms with Gasteiger partial charge in [-0.2, -0.15) is 0 Å². The Bertz CT molecular complexity index is 464. The first-order chi connectivity index (χ1) is 9.21. The zero-order chi connectivity index (χ0) is 13.8. The van der Waals surface area contributed by atoms with Gasteiger partial charge in [0.15, 0.2) is 0 Å². The SMILES string of the molecule is CCc1ccc(NC(=O)C2CC2)c(CC)c1CCN. The topological polar surface area (TPSA) is 55.1 Å². The van der Waals surface area contributed by atoms with Crippen LogP contribution in [-0.2, 0) is 24.1 Å². The van der Waals surface area contributed by atoms with Crippen LogP contribution in [0.25, 0.3) is 0 Å². The van der Waals surface area contributed by atoms with Crippen molar-refractivity contribution in [2.24, 2.45) is 11.7 Å². The molecule has 0 bridgehead atoms. The Morgan fingerprint density at radius 2 is 2.00 bits per heavy atom. The van der Waals surface area contributed by atoms with Crippen molar-refractivity contribution in [1.29, 1.82) is 0 Å². The number of carbonyl (C=O) groups excluding carboxylic acids is 1. The van der Waals surface area contributed by atoms with Crippen LogP contribution in [0.2, 0.25) is 0 Å². The van der Waals surface area contributed by atoms with Crippen molar-refractivity contribution < 1.29 is 4.79 Å². The molecule has 0 aliphatic heterocycles. The Morgan fingerprint density at radius 3 is 2.53 bits per heavy atom. The van der Waals surface area contributed by atoms with E-state index in [2.05, 4.69) is 31.3 Å². The first-order valence-electron chi connectivity index (χ1n) is 7.35. The number of carbonyl (C=O) groups is 1. The second-order valence-corrected chi connectivity index (χ2v) is 5.24. The molecule has 1 fully saturated rings. The van der Waals surface area contributed by atoms with Gasteiger partial charge in [0.1, 0.15) is 0 Å². The van der Waals surface area contributed by atoms with E-state index in [4.69, 9.17) is 5.73 Å². The normalized spacial score (nSPS) is 14.5. The number of hydrogen-bond donors (Lipinski definition) is 2. The molecule has 1 aliphatic carbocycles. The van der Waals surface area contributed by atoms with Crippen LogP contribution < -0.4 is 11.1 Å². The summed E-state index contributed by atoms with van der Waals surface area (Å²) in [7, 11) is 0. The van der Waals surface area contributed by atoms with Gasteiger partial charge in [-0.05, 0) is 61.4 Å². The van der Waals surface area contributed by atoms with Crippen molar-refractivity contribution in [3.05, 3.63) is 28.8 Å². The van der Waals surface area contributed by atoms with Gasteiger partial charge in [-0.15, -0.1) is 0 Å². The van der Waals surface area contributed by atoms with E-state index < -0.39 is 0 Å². The molecule has 104 valence electrons. The molecule has 0 unspecified atom stereocenters. The molecule has 3 heteroatoms. The highest BCUT2D eigenvalue weighted by Gasteiger charge is 2.30. The molecule has 0 radical (unpaired) electrons. The summed E-state index contributed by atoms with van der Waals surface area (Å²) in [6.45, 7) is 4.96. The molecule has 3 nitrogen and oxygen atoms in total. The molecule has 0 heterocycles. The molecule has 1 aliphatic rings. The lowest BCUT2D eigenvalue weighted by molar-refractivity contribution is -0.117. The quantitative estimate of drug-likeness (QED) is 0.826. The molecule has 3 N–H and O–H groups in total. The van der Waals surface area contributed by atoms with E-state index in [-0.39, 0.29) is 11.8 Å². The lowest BCUT2D eigenvalue weighted by atomic mass is 9.93. The summed E-state index contributed by atoms with van der Waals surface area (Å²) < 4.78 is 0. The minimum Gasteiger partial charge on any atom is -0.330 e. The summed E-state index contributed by atoms with van der Waals surface area (Å²) in [4.78, 5) is 11.9. The van der Waals surface area contributed by atoms with Gasteiger partial charge in [0.05, 0.1) is 0 Å². The smallest absolute Gasteiger partial charge is 0.227 e. The van der Waals surface area contributed by atoms with E-state index >= 15 is 0 Å². The van der Waals surface area contributed by atoms with Crippen LogP contribution in [0.5, 0.6) is 0 Å². The van der Waals surface area contributed by atoms with Crippen molar-refractivity contribution in [3.63, 3.8) is 0 Å². The van der Waals surface area contributed by atoms with Crippen molar-refractivity contribution >= 4 is 11.6 Å². The van der Waals surface area contributed by atoms with Gasteiger partial charge >= 0.3 is 0 Å². The number of aryl methyl sites for hydroxylation is 1. The molecule has 0 spiro atoms. The fourth-order valence-corrected chi connectivity index (χ4v) is 2.63.